The minimum atomic E-state index is -3.44. The van der Waals surface area contributed by atoms with Crippen molar-refractivity contribution in [2.24, 2.45) is 5.92 Å². The van der Waals surface area contributed by atoms with Crippen LogP contribution >= 0.6 is 11.6 Å². The van der Waals surface area contributed by atoms with Gasteiger partial charge in [0.05, 0.1) is 17.0 Å². The number of carbonyl (C=O) groups is 1. The van der Waals surface area contributed by atoms with E-state index in [0.717, 1.165) is 25.5 Å². The van der Waals surface area contributed by atoms with E-state index in [-0.39, 0.29) is 22.7 Å². The number of nitrogens with one attached hydrogen (secondary N) is 2. The van der Waals surface area contributed by atoms with Crippen molar-refractivity contribution in [3.8, 4) is 0 Å². The molecule has 122 valence electrons. The summed E-state index contributed by atoms with van der Waals surface area (Å²) in [6, 6.07) is 4.75. The molecule has 2 rings (SSSR count). The number of amides is 1. The Morgan fingerprint density at radius 3 is 2.59 bits per heavy atom. The van der Waals surface area contributed by atoms with Crippen molar-refractivity contribution in [2.45, 2.75) is 38.6 Å². The van der Waals surface area contributed by atoms with Crippen LogP contribution in [0.15, 0.2) is 18.2 Å². The van der Waals surface area contributed by atoms with Gasteiger partial charge in [0.1, 0.15) is 0 Å². The molecule has 1 aromatic carbocycles. The van der Waals surface area contributed by atoms with Crippen LogP contribution in [-0.2, 0) is 10.0 Å². The van der Waals surface area contributed by atoms with Crippen molar-refractivity contribution in [2.75, 3.05) is 11.0 Å². The predicted octanol–water partition coefficient (Wildman–Crippen LogP) is 3.02. The molecule has 1 aromatic rings. The number of sulfonamides is 1. The lowest BCUT2D eigenvalue weighted by atomic mass is 9.86. The average molecular weight is 345 g/mol. The van der Waals surface area contributed by atoms with Gasteiger partial charge in [0.2, 0.25) is 10.0 Å². The number of halogens is 1. The number of hydrogen-bond acceptors (Lipinski definition) is 3. The summed E-state index contributed by atoms with van der Waals surface area (Å²) in [6.45, 7) is 2.14. The Balaban J connectivity index is 2.14. The molecule has 1 aliphatic rings. The third-order valence-corrected chi connectivity index (χ3v) is 4.87. The maximum absolute atomic E-state index is 12.4. The minimum absolute atomic E-state index is 0.170. The van der Waals surface area contributed by atoms with Crippen LogP contribution in [0.3, 0.4) is 0 Å². The lowest BCUT2D eigenvalue weighted by molar-refractivity contribution is 0.0910. The molecule has 2 atom stereocenters. The SMILES string of the molecule is CC1CCCCC1NC(=O)c1ccc(Cl)c(NS(C)(=O)=O)c1. The molecule has 7 heteroatoms. The molecule has 0 aliphatic heterocycles. The van der Waals surface area contributed by atoms with E-state index in [1.54, 1.807) is 6.07 Å². The van der Waals surface area contributed by atoms with Gasteiger partial charge in [-0.2, -0.15) is 0 Å². The van der Waals surface area contributed by atoms with Crippen LogP contribution in [0, 0.1) is 5.92 Å². The van der Waals surface area contributed by atoms with Crippen LogP contribution < -0.4 is 10.0 Å². The maximum atomic E-state index is 12.4. The first kappa shape index (κ1) is 17.1. The van der Waals surface area contributed by atoms with Gasteiger partial charge in [-0.15, -0.1) is 0 Å². The van der Waals surface area contributed by atoms with Crippen LogP contribution in [0.5, 0.6) is 0 Å². The highest BCUT2D eigenvalue weighted by atomic mass is 35.5. The molecule has 1 amide bonds. The van der Waals surface area contributed by atoms with Crippen LogP contribution in [0.2, 0.25) is 5.02 Å². The van der Waals surface area contributed by atoms with Crippen molar-refractivity contribution in [3.05, 3.63) is 28.8 Å². The summed E-state index contributed by atoms with van der Waals surface area (Å²) in [5, 5.41) is 3.29. The maximum Gasteiger partial charge on any atom is 0.251 e. The number of anilines is 1. The van der Waals surface area contributed by atoms with Gasteiger partial charge < -0.3 is 5.32 Å². The second-order valence-corrected chi connectivity index (χ2v) is 8.07. The van der Waals surface area contributed by atoms with E-state index in [0.29, 0.717) is 11.5 Å². The van der Waals surface area contributed by atoms with Gasteiger partial charge >= 0.3 is 0 Å². The number of rotatable bonds is 4. The molecule has 0 heterocycles. The molecule has 5 nitrogen and oxygen atoms in total. The summed E-state index contributed by atoms with van der Waals surface area (Å²) < 4.78 is 25.0. The fraction of sp³-hybridized carbons (Fsp3) is 0.533. The average Bonchev–Trinajstić information content (AvgIpc) is 2.42. The predicted molar refractivity (Wildman–Crippen MR) is 88.8 cm³/mol. The van der Waals surface area contributed by atoms with E-state index in [1.165, 1.54) is 18.6 Å². The zero-order valence-electron chi connectivity index (χ0n) is 12.7. The first-order valence-electron chi connectivity index (χ1n) is 7.34. The first-order valence-corrected chi connectivity index (χ1v) is 9.61. The number of benzene rings is 1. The molecule has 2 unspecified atom stereocenters. The Hall–Kier alpha value is -1.27. The monoisotopic (exact) mass is 344 g/mol. The topological polar surface area (TPSA) is 75.3 Å². The molecule has 0 bridgehead atoms. The fourth-order valence-electron chi connectivity index (χ4n) is 2.73. The Labute approximate surface area is 136 Å². The smallest absolute Gasteiger partial charge is 0.251 e. The summed E-state index contributed by atoms with van der Waals surface area (Å²) in [5.41, 5.74) is 0.613. The molecule has 2 N–H and O–H groups in total. The summed E-state index contributed by atoms with van der Waals surface area (Å²) >= 11 is 5.96. The van der Waals surface area contributed by atoms with Crippen molar-refractivity contribution in [3.63, 3.8) is 0 Å². The molecule has 0 radical (unpaired) electrons. The molecule has 0 spiro atoms. The van der Waals surface area contributed by atoms with E-state index >= 15 is 0 Å². The Morgan fingerprint density at radius 1 is 1.27 bits per heavy atom. The first-order chi connectivity index (χ1) is 10.3. The van der Waals surface area contributed by atoms with E-state index in [4.69, 9.17) is 11.6 Å². The van der Waals surface area contributed by atoms with Crippen molar-refractivity contribution >= 4 is 33.2 Å². The molecular weight excluding hydrogens is 324 g/mol. The molecule has 1 aliphatic carbocycles. The van der Waals surface area contributed by atoms with Crippen LogP contribution in [0.1, 0.15) is 43.0 Å². The lowest BCUT2D eigenvalue weighted by Gasteiger charge is -2.29. The van der Waals surface area contributed by atoms with Gasteiger partial charge in [-0.3, -0.25) is 9.52 Å². The van der Waals surface area contributed by atoms with Crippen molar-refractivity contribution in [1.82, 2.24) is 5.32 Å². The third-order valence-electron chi connectivity index (χ3n) is 3.95. The number of hydrogen-bond donors (Lipinski definition) is 2. The van der Waals surface area contributed by atoms with Crippen LogP contribution in [0.25, 0.3) is 0 Å². The minimum Gasteiger partial charge on any atom is -0.349 e. The normalized spacial score (nSPS) is 22.1. The van der Waals surface area contributed by atoms with Crippen LogP contribution in [0.4, 0.5) is 5.69 Å². The molecular formula is C15H21ClN2O3S. The summed E-state index contributed by atoms with van der Waals surface area (Å²) in [5.74, 6) is 0.255. The van der Waals surface area contributed by atoms with E-state index in [2.05, 4.69) is 17.0 Å². The molecule has 0 aromatic heterocycles. The Kier molecular flexibility index (Phi) is 5.34. The van der Waals surface area contributed by atoms with Gasteiger partial charge in [-0.25, -0.2) is 8.42 Å². The van der Waals surface area contributed by atoms with E-state index in [1.807, 2.05) is 0 Å². The van der Waals surface area contributed by atoms with Gasteiger partial charge in [0, 0.05) is 11.6 Å². The molecule has 22 heavy (non-hydrogen) atoms. The highest BCUT2D eigenvalue weighted by Gasteiger charge is 2.23. The standard InChI is InChI=1S/C15H21ClN2O3S/c1-10-5-3-4-6-13(10)17-15(19)11-7-8-12(16)14(9-11)18-22(2,20)21/h7-10,13,18H,3-6H2,1-2H3,(H,17,19). The second kappa shape index (κ2) is 6.87. The Morgan fingerprint density at radius 2 is 1.95 bits per heavy atom. The van der Waals surface area contributed by atoms with Gasteiger partial charge in [0.25, 0.3) is 5.91 Å². The van der Waals surface area contributed by atoms with E-state index in [9.17, 15) is 13.2 Å². The molecule has 1 saturated carbocycles. The zero-order chi connectivity index (χ0) is 16.3. The quantitative estimate of drug-likeness (QED) is 0.881. The van der Waals surface area contributed by atoms with Crippen molar-refractivity contribution in [1.29, 1.82) is 0 Å². The number of carbonyl (C=O) groups excluding carboxylic acids is 1. The summed E-state index contributed by atoms with van der Waals surface area (Å²) in [4.78, 5) is 12.4. The molecule has 1 fully saturated rings. The van der Waals surface area contributed by atoms with Crippen LogP contribution in [-0.4, -0.2) is 26.6 Å². The zero-order valence-corrected chi connectivity index (χ0v) is 14.3. The largest absolute Gasteiger partial charge is 0.349 e. The van der Waals surface area contributed by atoms with Gasteiger partial charge in [-0.05, 0) is 37.0 Å². The highest BCUT2D eigenvalue weighted by molar-refractivity contribution is 7.92. The fourth-order valence-corrected chi connectivity index (χ4v) is 3.52. The van der Waals surface area contributed by atoms with Crippen molar-refractivity contribution < 1.29 is 13.2 Å². The molecule has 0 saturated heterocycles. The van der Waals surface area contributed by atoms with Gasteiger partial charge in [-0.1, -0.05) is 31.4 Å². The summed E-state index contributed by atoms with van der Waals surface area (Å²) in [6.07, 6.45) is 5.47. The van der Waals surface area contributed by atoms with E-state index < -0.39 is 10.0 Å². The summed E-state index contributed by atoms with van der Waals surface area (Å²) in [7, 11) is -3.44. The second-order valence-electron chi connectivity index (χ2n) is 5.91. The highest BCUT2D eigenvalue weighted by Crippen LogP contribution is 2.26. The third kappa shape index (κ3) is 4.61. The van der Waals surface area contributed by atoms with Gasteiger partial charge in [0.15, 0.2) is 0 Å². The lowest BCUT2D eigenvalue weighted by Crippen LogP contribution is -2.41. The Bertz CT molecular complexity index is 661.